The van der Waals surface area contributed by atoms with Crippen molar-refractivity contribution in [3.8, 4) is 0 Å². The molecule has 1 atom stereocenters. The Morgan fingerprint density at radius 1 is 1.47 bits per heavy atom. The third-order valence-corrected chi connectivity index (χ3v) is 2.96. The van der Waals surface area contributed by atoms with Crippen molar-refractivity contribution < 1.29 is 4.79 Å². The summed E-state index contributed by atoms with van der Waals surface area (Å²) in [4.78, 5) is 11.6. The molecule has 2 nitrogen and oxygen atoms in total. The van der Waals surface area contributed by atoms with E-state index in [0.29, 0.717) is 12.2 Å². The van der Waals surface area contributed by atoms with E-state index in [-0.39, 0.29) is 5.92 Å². The lowest BCUT2D eigenvalue weighted by atomic mass is 9.91. The van der Waals surface area contributed by atoms with Gasteiger partial charge >= 0.3 is 0 Å². The number of hydrogen-bond donors (Lipinski definition) is 1. The molecule has 0 bridgehead atoms. The molecule has 2 heteroatoms. The Morgan fingerprint density at radius 3 is 3.07 bits per heavy atom. The fourth-order valence-electron chi connectivity index (χ4n) is 2.12. The first-order valence-corrected chi connectivity index (χ1v) is 5.54. The monoisotopic (exact) mass is 203 g/mol. The number of carbonyl (C=O) groups is 1. The molecular weight excluding hydrogens is 186 g/mol. The molecule has 0 amide bonds. The van der Waals surface area contributed by atoms with Gasteiger partial charge in [-0.2, -0.15) is 0 Å². The number of rotatable bonds is 2. The summed E-state index contributed by atoms with van der Waals surface area (Å²) < 4.78 is 0. The molecule has 0 spiro atoms. The molecule has 1 heterocycles. The van der Waals surface area contributed by atoms with Crippen molar-refractivity contribution in [3.05, 3.63) is 35.4 Å². The van der Waals surface area contributed by atoms with Crippen LogP contribution in [0.3, 0.4) is 0 Å². The number of benzene rings is 1. The van der Waals surface area contributed by atoms with Crippen molar-refractivity contribution in [1.82, 2.24) is 5.32 Å². The van der Waals surface area contributed by atoms with E-state index in [4.69, 9.17) is 0 Å². The van der Waals surface area contributed by atoms with Crippen molar-refractivity contribution in [2.75, 3.05) is 13.1 Å². The zero-order valence-corrected chi connectivity index (χ0v) is 9.12. The van der Waals surface area contributed by atoms with Crippen molar-refractivity contribution in [3.63, 3.8) is 0 Å². The number of aryl methyl sites for hydroxylation is 1. The Bertz CT molecular complexity index is 359. The first kappa shape index (κ1) is 10.4. The minimum Gasteiger partial charge on any atom is -0.316 e. The highest BCUT2D eigenvalue weighted by Gasteiger charge is 2.21. The molecule has 1 unspecified atom stereocenters. The highest BCUT2D eigenvalue weighted by atomic mass is 16.1. The summed E-state index contributed by atoms with van der Waals surface area (Å²) in [5.41, 5.74) is 2.54. The molecule has 1 N–H and O–H groups in total. The molecule has 0 aliphatic carbocycles. The highest BCUT2D eigenvalue weighted by Crippen LogP contribution is 2.14. The molecule has 0 saturated carbocycles. The average molecular weight is 203 g/mol. The van der Waals surface area contributed by atoms with Crippen LogP contribution in [0.4, 0.5) is 0 Å². The normalized spacial score (nSPS) is 21.7. The van der Waals surface area contributed by atoms with Crippen LogP contribution in [0, 0.1) is 12.8 Å². The first-order chi connectivity index (χ1) is 7.25. The second kappa shape index (κ2) is 4.58. The number of piperidine rings is 1. The van der Waals surface area contributed by atoms with Crippen LogP contribution in [0.1, 0.15) is 17.5 Å². The van der Waals surface area contributed by atoms with Crippen LogP contribution < -0.4 is 5.32 Å². The SMILES string of the molecule is Cc1cccc(CC2CNCCC2=O)c1. The second-order valence-corrected chi connectivity index (χ2v) is 4.31. The van der Waals surface area contributed by atoms with Gasteiger partial charge in [0.15, 0.2) is 0 Å². The van der Waals surface area contributed by atoms with E-state index in [9.17, 15) is 4.79 Å². The molecule has 1 aliphatic heterocycles. The third-order valence-electron chi connectivity index (χ3n) is 2.96. The zero-order valence-electron chi connectivity index (χ0n) is 9.12. The summed E-state index contributed by atoms with van der Waals surface area (Å²) >= 11 is 0. The number of Topliss-reactive ketones (excluding diaryl/α,β-unsaturated/α-hetero) is 1. The van der Waals surface area contributed by atoms with E-state index in [1.165, 1.54) is 11.1 Å². The lowest BCUT2D eigenvalue weighted by molar-refractivity contribution is -0.123. The van der Waals surface area contributed by atoms with E-state index in [2.05, 4.69) is 36.5 Å². The highest BCUT2D eigenvalue weighted by molar-refractivity contribution is 5.82. The first-order valence-electron chi connectivity index (χ1n) is 5.54. The standard InChI is InChI=1S/C13H17NO/c1-10-3-2-4-11(7-10)8-12-9-14-6-5-13(12)15/h2-4,7,12,14H,5-6,8-9H2,1H3. The Hall–Kier alpha value is -1.15. The lowest BCUT2D eigenvalue weighted by Gasteiger charge is -2.21. The molecular formula is C13H17NO. The van der Waals surface area contributed by atoms with Gasteiger partial charge in [0.05, 0.1) is 0 Å². The molecule has 2 rings (SSSR count). The predicted molar refractivity (Wildman–Crippen MR) is 60.9 cm³/mol. The quantitative estimate of drug-likeness (QED) is 0.793. The minimum atomic E-state index is 0.181. The van der Waals surface area contributed by atoms with E-state index in [1.807, 2.05) is 0 Å². The molecule has 1 aromatic carbocycles. The lowest BCUT2D eigenvalue weighted by Crippen LogP contribution is -2.37. The largest absolute Gasteiger partial charge is 0.316 e. The molecule has 0 aromatic heterocycles. The summed E-state index contributed by atoms with van der Waals surface area (Å²) in [5.74, 6) is 0.593. The number of hydrogen-bond acceptors (Lipinski definition) is 2. The van der Waals surface area contributed by atoms with Crippen molar-refractivity contribution in [2.45, 2.75) is 19.8 Å². The van der Waals surface area contributed by atoms with Gasteiger partial charge in [0.25, 0.3) is 0 Å². The number of ketones is 1. The average Bonchev–Trinajstić information content (AvgIpc) is 2.22. The summed E-state index contributed by atoms with van der Waals surface area (Å²) in [5, 5.41) is 3.28. The van der Waals surface area contributed by atoms with Crippen molar-refractivity contribution in [1.29, 1.82) is 0 Å². The van der Waals surface area contributed by atoms with Crippen molar-refractivity contribution >= 4 is 5.78 Å². The summed E-state index contributed by atoms with van der Waals surface area (Å²) in [6.07, 6.45) is 1.57. The summed E-state index contributed by atoms with van der Waals surface area (Å²) in [6, 6.07) is 8.42. The minimum absolute atomic E-state index is 0.181. The van der Waals surface area contributed by atoms with Gasteiger partial charge in [0.2, 0.25) is 0 Å². The Balaban J connectivity index is 2.04. The van der Waals surface area contributed by atoms with Crippen LogP contribution in [0.2, 0.25) is 0 Å². The van der Waals surface area contributed by atoms with E-state index >= 15 is 0 Å². The molecule has 1 aromatic rings. The van der Waals surface area contributed by atoms with E-state index < -0.39 is 0 Å². The van der Waals surface area contributed by atoms with Gasteiger partial charge in [0.1, 0.15) is 5.78 Å². The smallest absolute Gasteiger partial charge is 0.138 e. The summed E-state index contributed by atoms with van der Waals surface area (Å²) in [6.45, 7) is 3.78. The van der Waals surface area contributed by atoms with Crippen LogP contribution in [0.25, 0.3) is 0 Å². The molecule has 15 heavy (non-hydrogen) atoms. The maximum absolute atomic E-state index is 11.6. The Morgan fingerprint density at radius 2 is 2.33 bits per heavy atom. The predicted octanol–water partition coefficient (Wildman–Crippen LogP) is 1.72. The fourth-order valence-corrected chi connectivity index (χ4v) is 2.12. The number of nitrogens with one attached hydrogen (secondary N) is 1. The van der Waals surface area contributed by atoms with Gasteiger partial charge < -0.3 is 5.32 Å². The van der Waals surface area contributed by atoms with Gasteiger partial charge in [-0.1, -0.05) is 29.8 Å². The van der Waals surface area contributed by atoms with Crippen LogP contribution >= 0.6 is 0 Å². The van der Waals surface area contributed by atoms with E-state index in [0.717, 1.165) is 19.5 Å². The van der Waals surface area contributed by atoms with E-state index in [1.54, 1.807) is 0 Å². The zero-order chi connectivity index (χ0) is 10.7. The van der Waals surface area contributed by atoms with Gasteiger partial charge in [-0.15, -0.1) is 0 Å². The third kappa shape index (κ3) is 2.66. The van der Waals surface area contributed by atoms with Crippen molar-refractivity contribution in [2.24, 2.45) is 5.92 Å². The number of carbonyl (C=O) groups excluding carboxylic acids is 1. The maximum atomic E-state index is 11.6. The van der Waals surface area contributed by atoms with Gasteiger partial charge in [-0.3, -0.25) is 4.79 Å². The second-order valence-electron chi connectivity index (χ2n) is 4.31. The van der Waals surface area contributed by atoms with Gasteiger partial charge in [-0.25, -0.2) is 0 Å². The molecule has 1 saturated heterocycles. The molecule has 0 radical (unpaired) electrons. The van der Waals surface area contributed by atoms with Crippen LogP contribution in [0.5, 0.6) is 0 Å². The molecule has 1 fully saturated rings. The van der Waals surface area contributed by atoms with Crippen LogP contribution in [-0.2, 0) is 11.2 Å². The molecule has 1 aliphatic rings. The van der Waals surface area contributed by atoms with Crippen LogP contribution in [0.15, 0.2) is 24.3 Å². The van der Waals surface area contributed by atoms with Gasteiger partial charge in [-0.05, 0) is 18.9 Å². The fraction of sp³-hybridized carbons (Fsp3) is 0.462. The maximum Gasteiger partial charge on any atom is 0.138 e. The van der Waals surface area contributed by atoms with Crippen LogP contribution in [-0.4, -0.2) is 18.9 Å². The Labute approximate surface area is 90.7 Å². The summed E-state index contributed by atoms with van der Waals surface area (Å²) in [7, 11) is 0. The van der Waals surface area contributed by atoms with Gasteiger partial charge in [0, 0.05) is 25.4 Å². The molecule has 80 valence electrons. The topological polar surface area (TPSA) is 29.1 Å². The Kier molecular flexibility index (Phi) is 3.17.